The van der Waals surface area contributed by atoms with Gasteiger partial charge in [-0.05, 0) is 68.1 Å². The number of Topliss-reactive ketones (excluding diaryl/α,β-unsaturated/α-hetero) is 1. The van der Waals surface area contributed by atoms with E-state index in [1.54, 1.807) is 0 Å². The maximum atomic E-state index is 12.9. The van der Waals surface area contributed by atoms with Crippen LogP contribution < -0.4 is 0 Å². The van der Waals surface area contributed by atoms with E-state index in [9.17, 15) is 4.79 Å². The molecule has 0 N–H and O–H groups in total. The van der Waals surface area contributed by atoms with Crippen LogP contribution in [-0.2, 0) is 4.79 Å². The molecule has 0 fully saturated rings. The number of fused-ring (bicyclic) bond motifs is 10. The number of hydrogen-bond acceptors (Lipinski definition) is 1. The van der Waals surface area contributed by atoms with E-state index in [-0.39, 0.29) is 11.8 Å². The van der Waals surface area contributed by atoms with Crippen molar-refractivity contribution in [3.8, 4) is 0 Å². The van der Waals surface area contributed by atoms with Crippen molar-refractivity contribution in [1.29, 1.82) is 0 Å². The van der Waals surface area contributed by atoms with Gasteiger partial charge in [0.15, 0.2) is 5.78 Å². The molecule has 112 valence electrons. The second-order valence-corrected chi connectivity index (χ2v) is 6.92. The quantitative estimate of drug-likeness (QED) is 0.410. The Kier molecular flexibility index (Phi) is 2.15. The van der Waals surface area contributed by atoms with Crippen LogP contribution in [0.2, 0.25) is 0 Å². The molecular weight excluding hydrogens is 292 g/mol. The van der Waals surface area contributed by atoms with Gasteiger partial charge in [0, 0.05) is 0 Å². The molecule has 0 amide bonds. The molecule has 2 atom stereocenters. The fraction of sp³-hybridized carbons (Fsp3) is 0.0870. The predicted octanol–water partition coefficient (Wildman–Crippen LogP) is 5.15. The first kappa shape index (κ1) is 12.5. The maximum Gasteiger partial charge on any atom is 0.156 e. The lowest BCUT2D eigenvalue weighted by atomic mass is 9.84. The van der Waals surface area contributed by atoms with Gasteiger partial charge >= 0.3 is 0 Å². The van der Waals surface area contributed by atoms with Gasteiger partial charge in [0.25, 0.3) is 0 Å². The summed E-state index contributed by atoms with van der Waals surface area (Å²) in [5.41, 5.74) is 4.85. The van der Waals surface area contributed by atoms with Crippen molar-refractivity contribution in [3.63, 3.8) is 0 Å². The van der Waals surface area contributed by atoms with Gasteiger partial charge < -0.3 is 0 Å². The zero-order valence-electron chi connectivity index (χ0n) is 13.0. The molecule has 1 nitrogen and oxygen atoms in total. The summed E-state index contributed by atoms with van der Waals surface area (Å²) in [4.78, 5) is 12.9. The van der Waals surface area contributed by atoms with E-state index in [1.165, 1.54) is 43.8 Å². The highest BCUT2D eigenvalue weighted by Crippen LogP contribution is 2.54. The van der Waals surface area contributed by atoms with Gasteiger partial charge in [0.05, 0.1) is 11.8 Å². The van der Waals surface area contributed by atoms with E-state index in [1.807, 2.05) is 12.1 Å². The first-order valence-corrected chi connectivity index (χ1v) is 8.40. The summed E-state index contributed by atoms with van der Waals surface area (Å²) in [6.45, 7) is 0. The second kappa shape index (κ2) is 4.12. The summed E-state index contributed by atoms with van der Waals surface area (Å²) >= 11 is 0. The van der Waals surface area contributed by atoms with Gasteiger partial charge in [-0.2, -0.15) is 0 Å². The van der Waals surface area contributed by atoms with Gasteiger partial charge in [-0.25, -0.2) is 0 Å². The smallest absolute Gasteiger partial charge is 0.156 e. The minimum absolute atomic E-state index is 0.0583. The van der Waals surface area contributed by atoms with Crippen LogP contribution in [0.25, 0.3) is 21.5 Å². The van der Waals surface area contributed by atoms with Gasteiger partial charge in [-0.3, -0.25) is 4.79 Å². The summed E-state index contributed by atoms with van der Waals surface area (Å²) in [5.74, 6) is 0.236. The SMILES string of the molecule is O=C1[C@@H]2c3ccccc3[C@@H]1c1cc3cc4ccccc4cc3cc12. The standard InChI is InChI=1S/C23H14O/c24-23-21-17-7-3-4-8-18(17)22(23)20-12-16-10-14-6-2-1-5-13(14)9-15(16)11-19(20)21/h1-12,21-22H/t21-,22-/m1/s1. The first-order chi connectivity index (χ1) is 11.8. The molecule has 24 heavy (non-hydrogen) atoms. The van der Waals surface area contributed by atoms with Crippen LogP contribution in [0.5, 0.6) is 0 Å². The van der Waals surface area contributed by atoms with Crippen molar-refractivity contribution in [2.45, 2.75) is 11.8 Å². The van der Waals surface area contributed by atoms with Crippen molar-refractivity contribution < 1.29 is 4.79 Å². The van der Waals surface area contributed by atoms with E-state index in [2.05, 4.69) is 60.7 Å². The Morgan fingerprint density at radius 1 is 0.500 bits per heavy atom. The molecule has 0 saturated heterocycles. The zero-order chi connectivity index (χ0) is 15.8. The number of carbonyl (C=O) groups excluding carboxylic acids is 1. The van der Waals surface area contributed by atoms with Gasteiger partial charge in [0.2, 0.25) is 0 Å². The zero-order valence-corrected chi connectivity index (χ0v) is 13.0. The Hall–Kier alpha value is -2.93. The van der Waals surface area contributed by atoms with Crippen LogP contribution in [0.1, 0.15) is 34.1 Å². The van der Waals surface area contributed by atoms with Crippen LogP contribution in [0.3, 0.4) is 0 Å². The largest absolute Gasteiger partial charge is 0.298 e. The maximum absolute atomic E-state index is 12.9. The molecule has 0 heterocycles. The summed E-state index contributed by atoms with van der Waals surface area (Å²) in [6, 6.07) is 25.7. The monoisotopic (exact) mass is 306 g/mol. The molecule has 0 spiro atoms. The first-order valence-electron chi connectivity index (χ1n) is 8.40. The van der Waals surface area contributed by atoms with E-state index in [0.717, 1.165) is 0 Å². The van der Waals surface area contributed by atoms with Crippen LogP contribution in [-0.4, -0.2) is 5.78 Å². The third-order valence-corrected chi connectivity index (χ3v) is 5.72. The van der Waals surface area contributed by atoms with Crippen molar-refractivity contribution >= 4 is 27.3 Å². The summed E-state index contributed by atoms with van der Waals surface area (Å²) in [7, 11) is 0. The minimum atomic E-state index is -0.0583. The lowest BCUT2D eigenvalue weighted by Crippen LogP contribution is -2.02. The topological polar surface area (TPSA) is 17.1 Å². The number of rotatable bonds is 0. The summed E-state index contributed by atoms with van der Waals surface area (Å²) in [6.07, 6.45) is 0. The predicted molar refractivity (Wildman–Crippen MR) is 96.6 cm³/mol. The van der Waals surface area contributed by atoms with Crippen LogP contribution in [0.4, 0.5) is 0 Å². The number of benzene rings is 4. The van der Waals surface area contributed by atoms with Crippen molar-refractivity contribution in [2.75, 3.05) is 0 Å². The van der Waals surface area contributed by atoms with Crippen LogP contribution >= 0.6 is 0 Å². The molecule has 0 aliphatic heterocycles. The molecule has 0 aromatic heterocycles. The van der Waals surface area contributed by atoms with Crippen molar-refractivity contribution in [3.05, 3.63) is 95.1 Å². The molecular formula is C23H14O. The average molecular weight is 306 g/mol. The summed E-state index contributed by atoms with van der Waals surface area (Å²) < 4.78 is 0. The normalized spacial score (nSPS) is 20.6. The number of hydrogen-bond donors (Lipinski definition) is 0. The third kappa shape index (κ3) is 1.38. The molecule has 1 heteroatoms. The molecule has 0 saturated carbocycles. The highest BCUT2D eigenvalue weighted by Gasteiger charge is 2.48. The average Bonchev–Trinajstić information content (AvgIpc) is 3.05. The minimum Gasteiger partial charge on any atom is -0.298 e. The molecule has 0 radical (unpaired) electrons. The van der Waals surface area contributed by atoms with Gasteiger partial charge in [-0.1, -0.05) is 48.5 Å². The third-order valence-electron chi connectivity index (χ3n) is 5.72. The molecule has 2 aliphatic carbocycles. The van der Waals surface area contributed by atoms with Gasteiger partial charge in [-0.15, -0.1) is 0 Å². The molecule has 4 aromatic carbocycles. The highest BCUT2D eigenvalue weighted by molar-refractivity contribution is 6.09. The van der Waals surface area contributed by atoms with E-state index in [4.69, 9.17) is 0 Å². The fourth-order valence-corrected chi connectivity index (χ4v) is 4.68. The fourth-order valence-electron chi connectivity index (χ4n) is 4.68. The van der Waals surface area contributed by atoms with Crippen LogP contribution in [0, 0.1) is 0 Å². The molecule has 2 aliphatic rings. The van der Waals surface area contributed by atoms with Crippen molar-refractivity contribution in [1.82, 2.24) is 0 Å². The Morgan fingerprint density at radius 3 is 1.46 bits per heavy atom. The lowest BCUT2D eigenvalue weighted by Gasteiger charge is -2.18. The molecule has 2 bridgehead atoms. The number of carbonyl (C=O) groups is 1. The van der Waals surface area contributed by atoms with E-state index < -0.39 is 0 Å². The van der Waals surface area contributed by atoms with E-state index >= 15 is 0 Å². The molecule has 6 rings (SSSR count). The molecule has 0 unspecified atom stereocenters. The highest BCUT2D eigenvalue weighted by atomic mass is 16.1. The Balaban J connectivity index is 1.68. The van der Waals surface area contributed by atoms with Crippen molar-refractivity contribution in [2.24, 2.45) is 0 Å². The van der Waals surface area contributed by atoms with Gasteiger partial charge in [0.1, 0.15) is 0 Å². The molecule has 4 aromatic rings. The Bertz CT molecular complexity index is 1090. The lowest BCUT2D eigenvalue weighted by molar-refractivity contribution is -0.118. The van der Waals surface area contributed by atoms with E-state index in [0.29, 0.717) is 5.78 Å². The number of ketones is 1. The Morgan fingerprint density at radius 2 is 0.958 bits per heavy atom. The summed E-state index contributed by atoms with van der Waals surface area (Å²) in [5, 5.41) is 4.95. The Labute approximate surface area is 139 Å². The second-order valence-electron chi connectivity index (χ2n) is 6.92. The van der Waals surface area contributed by atoms with Crippen LogP contribution in [0.15, 0.2) is 72.8 Å².